The molecule has 6 heteroatoms. The fraction of sp³-hybridized carbons (Fsp3) is 0.550. The van der Waals surface area contributed by atoms with E-state index >= 15 is 0 Å². The minimum absolute atomic E-state index is 0.0191. The molecule has 2 aliphatic rings. The topological polar surface area (TPSA) is 75.3 Å². The van der Waals surface area contributed by atoms with Gasteiger partial charge in [-0.25, -0.2) is 4.98 Å². The van der Waals surface area contributed by atoms with E-state index in [4.69, 9.17) is 4.74 Å². The van der Waals surface area contributed by atoms with Crippen molar-refractivity contribution >= 4 is 16.9 Å². The van der Waals surface area contributed by atoms with Gasteiger partial charge < -0.3 is 14.6 Å². The molecule has 1 saturated carbocycles. The van der Waals surface area contributed by atoms with E-state index in [9.17, 15) is 9.59 Å². The highest BCUT2D eigenvalue weighted by molar-refractivity contribution is 5.93. The van der Waals surface area contributed by atoms with Crippen LogP contribution in [0.25, 0.3) is 11.0 Å². The second-order valence-corrected chi connectivity index (χ2v) is 7.42. The summed E-state index contributed by atoms with van der Waals surface area (Å²) in [6.45, 7) is 3.25. The summed E-state index contributed by atoms with van der Waals surface area (Å²) in [5.74, 6) is 0.269. The van der Waals surface area contributed by atoms with Crippen LogP contribution in [0.1, 0.15) is 49.5 Å². The van der Waals surface area contributed by atoms with Crippen LogP contribution in [0.15, 0.2) is 29.1 Å². The molecule has 2 fully saturated rings. The molecule has 4 rings (SSSR count). The lowest BCUT2D eigenvalue weighted by molar-refractivity contribution is -0.0875. The van der Waals surface area contributed by atoms with Gasteiger partial charge in [0, 0.05) is 13.1 Å². The molecular formula is C20H25N3O3. The zero-order valence-electron chi connectivity index (χ0n) is 15.1. The van der Waals surface area contributed by atoms with Crippen LogP contribution < -0.4 is 5.56 Å². The van der Waals surface area contributed by atoms with Crippen molar-refractivity contribution < 1.29 is 9.53 Å². The third-order valence-electron chi connectivity index (χ3n) is 5.31. The van der Waals surface area contributed by atoms with Crippen molar-refractivity contribution in [2.24, 2.45) is 5.92 Å². The average molecular weight is 355 g/mol. The lowest BCUT2D eigenvalue weighted by Gasteiger charge is -2.38. The average Bonchev–Trinajstić information content (AvgIpc) is 3.50. The van der Waals surface area contributed by atoms with Crippen LogP contribution in [-0.4, -0.2) is 46.1 Å². The molecule has 6 nitrogen and oxygen atoms in total. The molecule has 26 heavy (non-hydrogen) atoms. The summed E-state index contributed by atoms with van der Waals surface area (Å²) in [5, 5.41) is 0. The number of nitrogens with zero attached hydrogens (tertiary/aromatic N) is 2. The van der Waals surface area contributed by atoms with Gasteiger partial charge >= 0.3 is 0 Å². The number of morpholine rings is 1. The third-order valence-corrected chi connectivity index (χ3v) is 5.31. The smallest absolute Gasteiger partial charge is 0.280 e. The zero-order valence-corrected chi connectivity index (χ0v) is 15.1. The number of fused-ring (bicyclic) bond motifs is 1. The van der Waals surface area contributed by atoms with Gasteiger partial charge in [-0.15, -0.1) is 0 Å². The van der Waals surface area contributed by atoms with Crippen molar-refractivity contribution in [3.05, 3.63) is 40.3 Å². The van der Waals surface area contributed by atoms with Crippen molar-refractivity contribution in [1.29, 1.82) is 0 Å². The summed E-state index contributed by atoms with van der Waals surface area (Å²) < 4.78 is 6.23. The molecule has 0 unspecified atom stereocenters. The number of carbonyl (C=O) groups excluding carboxylic acids is 1. The van der Waals surface area contributed by atoms with Gasteiger partial charge in [-0.3, -0.25) is 9.59 Å². The lowest BCUT2D eigenvalue weighted by Crippen LogP contribution is -2.51. The number of carbonyl (C=O) groups is 1. The first-order valence-electron chi connectivity index (χ1n) is 9.59. The maximum absolute atomic E-state index is 13.1. The van der Waals surface area contributed by atoms with E-state index in [1.807, 2.05) is 12.1 Å². The standard InChI is InChI=1S/C20H25N3O3/c1-2-3-6-14-11-23(12-17(26-14)13-9-10-13)20(25)18-19(24)22-16-8-5-4-7-15(16)21-18/h4-5,7-8,13-14,17H,2-3,6,9-12H2,1H3,(H,22,24)/t14-,17-/m1/s1. The Bertz CT molecular complexity index is 859. The number of hydrogen-bond acceptors (Lipinski definition) is 4. The summed E-state index contributed by atoms with van der Waals surface area (Å²) >= 11 is 0. The van der Waals surface area contributed by atoms with Crippen LogP contribution in [-0.2, 0) is 4.74 Å². The van der Waals surface area contributed by atoms with Crippen LogP contribution in [0.3, 0.4) is 0 Å². The first kappa shape index (κ1) is 17.2. The highest BCUT2D eigenvalue weighted by Crippen LogP contribution is 2.37. The Labute approximate surface area is 152 Å². The van der Waals surface area contributed by atoms with E-state index in [1.165, 1.54) is 12.8 Å². The van der Waals surface area contributed by atoms with Gasteiger partial charge in [0.15, 0.2) is 5.69 Å². The number of aromatic nitrogens is 2. The molecule has 2 atom stereocenters. The van der Waals surface area contributed by atoms with Crippen LogP contribution in [0, 0.1) is 5.92 Å². The molecule has 2 heterocycles. The largest absolute Gasteiger partial charge is 0.371 e. The van der Waals surface area contributed by atoms with Crippen molar-refractivity contribution in [3.8, 4) is 0 Å². The number of amides is 1. The Morgan fingerprint density at radius 2 is 2.12 bits per heavy atom. The number of para-hydroxylation sites is 2. The second kappa shape index (κ2) is 7.19. The van der Waals surface area contributed by atoms with E-state index in [0.29, 0.717) is 30.0 Å². The Morgan fingerprint density at radius 1 is 1.31 bits per heavy atom. The molecular weight excluding hydrogens is 330 g/mol. The number of nitrogens with one attached hydrogen (secondary N) is 1. The Morgan fingerprint density at radius 3 is 2.88 bits per heavy atom. The molecule has 2 aromatic rings. The van der Waals surface area contributed by atoms with Gasteiger partial charge in [-0.1, -0.05) is 31.9 Å². The third kappa shape index (κ3) is 3.51. The minimum atomic E-state index is -0.423. The second-order valence-electron chi connectivity index (χ2n) is 7.42. The van der Waals surface area contributed by atoms with Crippen molar-refractivity contribution in [2.75, 3.05) is 13.1 Å². The normalized spacial score (nSPS) is 23.3. The number of ether oxygens (including phenoxy) is 1. The van der Waals surface area contributed by atoms with Crippen LogP contribution in [0.4, 0.5) is 0 Å². The molecule has 0 bridgehead atoms. The summed E-state index contributed by atoms with van der Waals surface area (Å²) in [5.41, 5.74) is 0.834. The zero-order chi connectivity index (χ0) is 18.1. The predicted molar refractivity (Wildman–Crippen MR) is 99.2 cm³/mol. The molecule has 1 aromatic heterocycles. The summed E-state index contributed by atoms with van der Waals surface area (Å²) in [7, 11) is 0. The number of H-pyrrole nitrogens is 1. The van der Waals surface area contributed by atoms with Gasteiger partial charge in [0.05, 0.1) is 23.2 Å². The molecule has 1 N–H and O–H groups in total. The van der Waals surface area contributed by atoms with Gasteiger partial charge in [-0.05, 0) is 37.3 Å². The van der Waals surface area contributed by atoms with Crippen LogP contribution in [0.2, 0.25) is 0 Å². The number of unbranched alkanes of at least 4 members (excludes halogenated alkanes) is 1. The Balaban J connectivity index is 1.59. The van der Waals surface area contributed by atoms with Gasteiger partial charge in [-0.2, -0.15) is 0 Å². The Kier molecular flexibility index (Phi) is 4.76. The van der Waals surface area contributed by atoms with Crippen molar-refractivity contribution in [3.63, 3.8) is 0 Å². The first-order valence-corrected chi connectivity index (χ1v) is 9.59. The van der Waals surface area contributed by atoms with E-state index in [1.54, 1.807) is 17.0 Å². The van der Waals surface area contributed by atoms with Gasteiger partial charge in [0.25, 0.3) is 11.5 Å². The first-order chi connectivity index (χ1) is 12.7. The van der Waals surface area contributed by atoms with E-state index < -0.39 is 5.56 Å². The quantitative estimate of drug-likeness (QED) is 0.895. The molecule has 0 spiro atoms. The van der Waals surface area contributed by atoms with Crippen molar-refractivity contribution in [1.82, 2.24) is 14.9 Å². The summed E-state index contributed by atoms with van der Waals surface area (Å²) in [6, 6.07) is 7.28. The maximum Gasteiger partial charge on any atom is 0.280 e. The fourth-order valence-electron chi connectivity index (χ4n) is 3.68. The van der Waals surface area contributed by atoms with E-state index in [2.05, 4.69) is 16.9 Å². The minimum Gasteiger partial charge on any atom is -0.371 e. The van der Waals surface area contributed by atoms with Crippen molar-refractivity contribution in [2.45, 2.75) is 51.2 Å². The highest BCUT2D eigenvalue weighted by atomic mass is 16.5. The van der Waals surface area contributed by atoms with Crippen LogP contribution >= 0.6 is 0 Å². The molecule has 1 saturated heterocycles. The number of aromatic amines is 1. The number of hydrogen-bond donors (Lipinski definition) is 1. The molecule has 1 amide bonds. The summed E-state index contributed by atoms with van der Waals surface area (Å²) in [4.78, 5) is 34.4. The molecule has 0 radical (unpaired) electrons. The van der Waals surface area contributed by atoms with Gasteiger partial charge in [0.2, 0.25) is 0 Å². The molecule has 1 aliphatic carbocycles. The summed E-state index contributed by atoms with van der Waals surface area (Å²) in [6.07, 6.45) is 5.62. The van der Waals surface area contributed by atoms with Gasteiger partial charge in [0.1, 0.15) is 0 Å². The lowest BCUT2D eigenvalue weighted by atomic mass is 10.1. The molecule has 1 aliphatic heterocycles. The van der Waals surface area contributed by atoms with Crippen LogP contribution in [0.5, 0.6) is 0 Å². The van der Waals surface area contributed by atoms with E-state index in [0.717, 1.165) is 19.3 Å². The maximum atomic E-state index is 13.1. The predicted octanol–water partition coefficient (Wildman–Crippen LogP) is 2.73. The Hall–Kier alpha value is -2.21. The fourth-order valence-corrected chi connectivity index (χ4v) is 3.68. The number of benzene rings is 1. The molecule has 1 aromatic carbocycles. The molecule has 138 valence electrons. The highest BCUT2D eigenvalue weighted by Gasteiger charge is 2.40. The van der Waals surface area contributed by atoms with E-state index in [-0.39, 0.29) is 23.8 Å². The SMILES string of the molecule is CCCC[C@@H]1CN(C(=O)c2nc3ccccc3[nH]c2=O)C[C@H](C2CC2)O1. The monoisotopic (exact) mass is 355 g/mol. The number of rotatable bonds is 5.